The molecule has 9 nitrogen and oxygen atoms in total. The van der Waals surface area contributed by atoms with Crippen LogP contribution >= 0.6 is 12.6 Å². The maximum absolute atomic E-state index is 12.1. The van der Waals surface area contributed by atoms with Gasteiger partial charge in [0.15, 0.2) is 0 Å². The first-order valence-corrected chi connectivity index (χ1v) is 8.00. The second-order valence-electron chi connectivity index (χ2n) is 5.30. The maximum atomic E-state index is 12.1. The smallest absolute Gasteiger partial charge is 0.328 e. The number of rotatable bonds is 9. The number of phenolic OH excluding ortho intramolecular Hbond substituents is 1. The van der Waals surface area contributed by atoms with Gasteiger partial charge in [0.25, 0.3) is 0 Å². The first kappa shape index (κ1) is 20.7. The molecule has 3 atom stereocenters. The van der Waals surface area contributed by atoms with Gasteiger partial charge in [0.1, 0.15) is 17.8 Å². The van der Waals surface area contributed by atoms with Crippen molar-refractivity contribution in [1.29, 1.82) is 0 Å². The SMILES string of the molecule is N[C@@H](Cc1ccc(O)cc1)C(=O)N[C@@H](CS)C(=O)N[C@@H](CO)C(=O)O. The summed E-state index contributed by atoms with van der Waals surface area (Å²) in [5.74, 6) is -2.80. The van der Waals surface area contributed by atoms with Gasteiger partial charge in [-0.15, -0.1) is 0 Å². The summed E-state index contributed by atoms with van der Waals surface area (Å²) in [6.07, 6.45) is 0.182. The fraction of sp³-hybridized carbons (Fsp3) is 0.400. The molecular weight excluding hydrogens is 350 g/mol. The molecule has 0 aliphatic heterocycles. The van der Waals surface area contributed by atoms with E-state index in [1.165, 1.54) is 12.1 Å². The molecule has 0 aliphatic rings. The molecule has 0 bridgehead atoms. The monoisotopic (exact) mass is 371 g/mol. The molecule has 2 amide bonds. The minimum absolute atomic E-state index is 0.0821. The number of hydrogen-bond acceptors (Lipinski definition) is 7. The highest BCUT2D eigenvalue weighted by Gasteiger charge is 2.26. The fourth-order valence-electron chi connectivity index (χ4n) is 1.91. The number of carboxylic acid groups (broad SMARTS) is 1. The van der Waals surface area contributed by atoms with Crippen molar-refractivity contribution in [1.82, 2.24) is 10.6 Å². The van der Waals surface area contributed by atoms with Crippen molar-refractivity contribution >= 4 is 30.4 Å². The van der Waals surface area contributed by atoms with Gasteiger partial charge in [-0.25, -0.2) is 4.79 Å². The lowest BCUT2D eigenvalue weighted by Crippen LogP contribution is -2.56. The van der Waals surface area contributed by atoms with Crippen molar-refractivity contribution in [2.45, 2.75) is 24.5 Å². The van der Waals surface area contributed by atoms with Gasteiger partial charge in [-0.2, -0.15) is 12.6 Å². The molecule has 25 heavy (non-hydrogen) atoms. The number of aliphatic hydroxyl groups is 1. The van der Waals surface area contributed by atoms with Crippen molar-refractivity contribution in [3.05, 3.63) is 29.8 Å². The summed E-state index contributed by atoms with van der Waals surface area (Å²) in [5.41, 5.74) is 6.52. The standard InChI is InChI=1S/C15H21N3O6S/c16-10(5-8-1-3-9(20)4-2-8)13(21)18-12(7-25)14(22)17-11(6-19)15(23)24/h1-4,10-12,19-20,25H,5-7,16H2,(H,17,22)(H,18,21)(H,23,24)/t10-,11-,12-/m0/s1. The van der Waals surface area contributed by atoms with Crippen molar-refractivity contribution in [3.8, 4) is 5.75 Å². The van der Waals surface area contributed by atoms with Gasteiger partial charge >= 0.3 is 5.97 Å². The van der Waals surface area contributed by atoms with Crippen LogP contribution in [0.4, 0.5) is 0 Å². The van der Waals surface area contributed by atoms with E-state index in [4.69, 9.17) is 15.9 Å². The molecule has 0 heterocycles. The van der Waals surface area contributed by atoms with Gasteiger partial charge in [-0.05, 0) is 24.1 Å². The summed E-state index contributed by atoms with van der Waals surface area (Å²) in [6, 6.07) is 2.63. The van der Waals surface area contributed by atoms with Crippen molar-refractivity contribution < 1.29 is 29.7 Å². The Morgan fingerprint density at radius 2 is 1.64 bits per heavy atom. The summed E-state index contributed by atoms with van der Waals surface area (Å²) < 4.78 is 0. The molecule has 0 unspecified atom stereocenters. The number of amides is 2. The number of aromatic hydroxyl groups is 1. The minimum atomic E-state index is -1.47. The Hall–Kier alpha value is -2.30. The topological polar surface area (TPSA) is 162 Å². The van der Waals surface area contributed by atoms with Gasteiger partial charge in [-0.1, -0.05) is 12.1 Å². The van der Waals surface area contributed by atoms with Crippen LogP contribution in [0.15, 0.2) is 24.3 Å². The molecule has 138 valence electrons. The Bertz CT molecular complexity index is 610. The molecule has 0 aromatic heterocycles. The molecular formula is C15H21N3O6S. The van der Waals surface area contributed by atoms with E-state index in [1.54, 1.807) is 12.1 Å². The number of aliphatic hydroxyl groups excluding tert-OH is 1. The Kier molecular flexibility index (Phi) is 8.19. The zero-order valence-electron chi connectivity index (χ0n) is 13.3. The van der Waals surface area contributed by atoms with E-state index in [0.717, 1.165) is 5.56 Å². The van der Waals surface area contributed by atoms with E-state index in [0.29, 0.717) is 0 Å². The van der Waals surface area contributed by atoms with Gasteiger partial charge in [0, 0.05) is 5.75 Å². The number of thiol groups is 1. The van der Waals surface area contributed by atoms with E-state index < -0.39 is 42.5 Å². The lowest BCUT2D eigenvalue weighted by atomic mass is 10.1. The molecule has 0 aliphatic carbocycles. The predicted molar refractivity (Wildman–Crippen MR) is 92.2 cm³/mol. The molecule has 10 heteroatoms. The highest BCUT2D eigenvalue weighted by atomic mass is 32.1. The number of nitrogens with one attached hydrogen (secondary N) is 2. The maximum Gasteiger partial charge on any atom is 0.328 e. The van der Waals surface area contributed by atoms with Crippen LogP contribution < -0.4 is 16.4 Å². The highest BCUT2D eigenvalue weighted by molar-refractivity contribution is 7.80. The number of carbonyl (C=O) groups is 3. The van der Waals surface area contributed by atoms with Crippen LogP contribution in [-0.2, 0) is 20.8 Å². The lowest BCUT2D eigenvalue weighted by Gasteiger charge is -2.21. The van der Waals surface area contributed by atoms with Crippen LogP contribution in [0.2, 0.25) is 0 Å². The Balaban J connectivity index is 2.63. The lowest BCUT2D eigenvalue weighted by molar-refractivity contribution is -0.143. The largest absolute Gasteiger partial charge is 0.508 e. The third kappa shape index (κ3) is 6.61. The molecule has 0 spiro atoms. The Morgan fingerprint density at radius 3 is 2.12 bits per heavy atom. The first-order valence-electron chi connectivity index (χ1n) is 7.37. The molecule has 7 N–H and O–H groups in total. The number of carboxylic acids is 1. The van der Waals surface area contributed by atoms with Crippen molar-refractivity contribution in [3.63, 3.8) is 0 Å². The molecule has 0 saturated heterocycles. The van der Waals surface area contributed by atoms with Crippen LogP contribution in [0.5, 0.6) is 5.75 Å². The van der Waals surface area contributed by atoms with Gasteiger partial charge in [-0.3, -0.25) is 9.59 Å². The average molecular weight is 371 g/mol. The van der Waals surface area contributed by atoms with E-state index in [2.05, 4.69) is 23.3 Å². The van der Waals surface area contributed by atoms with E-state index in [1.807, 2.05) is 0 Å². The van der Waals surface area contributed by atoms with E-state index in [9.17, 15) is 19.5 Å². The van der Waals surface area contributed by atoms with Gasteiger partial charge < -0.3 is 31.7 Å². The van der Waals surface area contributed by atoms with Crippen LogP contribution in [0, 0.1) is 0 Å². The Morgan fingerprint density at radius 1 is 1.08 bits per heavy atom. The summed E-state index contributed by atoms with van der Waals surface area (Å²) in [5, 5.41) is 31.4. The van der Waals surface area contributed by atoms with Crippen molar-refractivity contribution in [2.24, 2.45) is 5.73 Å². The Labute approximate surface area is 149 Å². The fourth-order valence-corrected chi connectivity index (χ4v) is 2.17. The quantitative estimate of drug-likeness (QED) is 0.253. The number of phenols is 1. The molecule has 1 aromatic carbocycles. The van der Waals surface area contributed by atoms with Gasteiger partial charge in [0.2, 0.25) is 11.8 Å². The zero-order valence-corrected chi connectivity index (χ0v) is 14.1. The number of nitrogens with two attached hydrogens (primary N) is 1. The molecule has 1 aromatic rings. The number of hydrogen-bond donors (Lipinski definition) is 7. The summed E-state index contributed by atoms with van der Waals surface area (Å²) >= 11 is 3.96. The van der Waals surface area contributed by atoms with Crippen molar-refractivity contribution in [2.75, 3.05) is 12.4 Å². The normalized spacial score (nSPS) is 14.2. The molecule has 0 fully saturated rings. The third-order valence-electron chi connectivity index (χ3n) is 3.34. The summed E-state index contributed by atoms with van der Waals surface area (Å²) in [7, 11) is 0. The minimum Gasteiger partial charge on any atom is -0.508 e. The van der Waals surface area contributed by atoms with Crippen LogP contribution in [-0.4, -0.2) is 63.6 Å². The third-order valence-corrected chi connectivity index (χ3v) is 3.71. The first-order chi connectivity index (χ1) is 11.8. The number of benzene rings is 1. The van der Waals surface area contributed by atoms with Crippen LogP contribution in [0.25, 0.3) is 0 Å². The zero-order chi connectivity index (χ0) is 19.0. The number of carbonyl (C=O) groups excluding carboxylic acids is 2. The summed E-state index contributed by atoms with van der Waals surface area (Å²) in [6.45, 7) is -0.783. The second kappa shape index (κ2) is 9.87. The average Bonchev–Trinajstić information content (AvgIpc) is 2.58. The molecule has 0 radical (unpaired) electrons. The van der Waals surface area contributed by atoms with E-state index in [-0.39, 0.29) is 17.9 Å². The predicted octanol–water partition coefficient (Wildman–Crippen LogP) is -1.76. The van der Waals surface area contributed by atoms with Gasteiger partial charge in [0.05, 0.1) is 12.6 Å². The number of aliphatic carboxylic acids is 1. The van der Waals surface area contributed by atoms with E-state index >= 15 is 0 Å². The van der Waals surface area contributed by atoms with Crippen LogP contribution in [0.3, 0.4) is 0 Å². The second-order valence-corrected chi connectivity index (χ2v) is 5.67. The molecule has 0 saturated carbocycles. The summed E-state index contributed by atoms with van der Waals surface area (Å²) in [4.78, 5) is 34.9. The van der Waals surface area contributed by atoms with Crippen LogP contribution in [0.1, 0.15) is 5.56 Å². The molecule has 1 rings (SSSR count). The highest BCUT2D eigenvalue weighted by Crippen LogP contribution is 2.11.